The van der Waals surface area contributed by atoms with Crippen LogP contribution in [0.2, 0.25) is 0 Å². The summed E-state index contributed by atoms with van der Waals surface area (Å²) >= 11 is 1.71. The van der Waals surface area contributed by atoms with Crippen molar-refractivity contribution in [3.8, 4) is 0 Å². The van der Waals surface area contributed by atoms with Crippen molar-refractivity contribution in [2.75, 3.05) is 35.7 Å². The van der Waals surface area contributed by atoms with Crippen molar-refractivity contribution < 1.29 is 9.53 Å². The third kappa shape index (κ3) is 5.55. The highest BCUT2D eigenvalue weighted by Gasteiger charge is 2.18. The van der Waals surface area contributed by atoms with Gasteiger partial charge in [-0.3, -0.25) is 4.79 Å². The van der Waals surface area contributed by atoms with Crippen LogP contribution in [-0.2, 0) is 4.74 Å². The molecule has 0 bridgehead atoms. The highest BCUT2D eigenvalue weighted by molar-refractivity contribution is 7.99. The van der Waals surface area contributed by atoms with Gasteiger partial charge in [-0.2, -0.15) is 0 Å². The summed E-state index contributed by atoms with van der Waals surface area (Å²) < 4.78 is 5.71. The molecule has 0 saturated carbocycles. The second-order valence-corrected chi connectivity index (χ2v) is 8.91. The van der Waals surface area contributed by atoms with Crippen molar-refractivity contribution in [2.24, 2.45) is 0 Å². The third-order valence-corrected chi connectivity index (χ3v) is 6.88. The van der Waals surface area contributed by atoms with Gasteiger partial charge in [0, 0.05) is 41.7 Å². The number of anilines is 2. The van der Waals surface area contributed by atoms with Crippen molar-refractivity contribution in [1.82, 2.24) is 0 Å². The Morgan fingerprint density at radius 1 is 1.00 bits per heavy atom. The molecule has 0 spiro atoms. The van der Waals surface area contributed by atoms with E-state index in [9.17, 15) is 4.79 Å². The number of ether oxygens (including phenoxy) is 1. The molecule has 154 valence electrons. The summed E-state index contributed by atoms with van der Waals surface area (Å²) in [5.74, 6) is 0.845. The van der Waals surface area contributed by atoms with Crippen LogP contribution in [0.4, 0.5) is 11.4 Å². The number of hydrogen-bond acceptors (Lipinski definition) is 4. The molecule has 2 aromatic carbocycles. The molecule has 2 fully saturated rings. The number of carbonyl (C=O) groups excluding carboxylic acids is 1. The second kappa shape index (κ2) is 10.2. The van der Waals surface area contributed by atoms with E-state index in [4.69, 9.17) is 4.74 Å². The standard InChI is InChI=1S/C24H30N2O2S/c27-24(22-9-3-4-10-23(22)29-18-21-8-7-17-28-21)25-19-11-13-20(14-12-19)26-15-5-1-2-6-16-26/h3-4,9-14,21H,1-2,5-8,15-18H2,(H,25,27)/t21-/m0/s1. The van der Waals surface area contributed by atoms with Gasteiger partial charge < -0.3 is 15.0 Å². The first kappa shape index (κ1) is 20.3. The van der Waals surface area contributed by atoms with E-state index in [0.717, 1.165) is 54.4 Å². The number of nitrogens with one attached hydrogen (secondary N) is 1. The lowest BCUT2D eigenvalue weighted by molar-refractivity contribution is 0.102. The van der Waals surface area contributed by atoms with Crippen LogP contribution in [0.3, 0.4) is 0 Å². The maximum Gasteiger partial charge on any atom is 0.256 e. The molecule has 1 atom stereocenters. The van der Waals surface area contributed by atoms with Crippen LogP contribution in [0.1, 0.15) is 48.9 Å². The first-order valence-electron chi connectivity index (χ1n) is 10.8. The van der Waals surface area contributed by atoms with E-state index in [1.807, 2.05) is 36.4 Å². The van der Waals surface area contributed by atoms with Crippen LogP contribution in [0, 0.1) is 0 Å². The zero-order valence-corrected chi connectivity index (χ0v) is 17.8. The van der Waals surface area contributed by atoms with E-state index in [1.165, 1.54) is 31.4 Å². The van der Waals surface area contributed by atoms with Gasteiger partial charge in [0.1, 0.15) is 0 Å². The normalized spacial score (nSPS) is 19.7. The average Bonchev–Trinajstić information content (AvgIpc) is 3.13. The van der Waals surface area contributed by atoms with Crippen LogP contribution in [0.5, 0.6) is 0 Å². The van der Waals surface area contributed by atoms with Crippen LogP contribution in [0.15, 0.2) is 53.4 Å². The van der Waals surface area contributed by atoms with E-state index < -0.39 is 0 Å². The molecule has 4 rings (SSSR count). The third-order valence-electron chi connectivity index (χ3n) is 5.68. The smallest absolute Gasteiger partial charge is 0.256 e. The molecule has 2 aromatic rings. The average molecular weight is 411 g/mol. The molecule has 5 heteroatoms. The quantitative estimate of drug-likeness (QED) is 0.630. The molecule has 2 aliphatic rings. The van der Waals surface area contributed by atoms with Crippen LogP contribution < -0.4 is 10.2 Å². The lowest BCUT2D eigenvalue weighted by Gasteiger charge is -2.22. The predicted octanol–water partition coefficient (Wildman–Crippen LogP) is 5.59. The Hall–Kier alpha value is -1.98. The molecule has 2 heterocycles. The number of benzene rings is 2. The molecule has 0 radical (unpaired) electrons. The fraction of sp³-hybridized carbons (Fsp3) is 0.458. The number of rotatable bonds is 6. The van der Waals surface area contributed by atoms with Gasteiger partial charge in [-0.05, 0) is 62.1 Å². The molecule has 2 aliphatic heterocycles. The monoisotopic (exact) mass is 410 g/mol. The number of amides is 1. The Bertz CT molecular complexity index is 795. The molecule has 29 heavy (non-hydrogen) atoms. The minimum atomic E-state index is -0.0528. The van der Waals surface area contributed by atoms with Gasteiger partial charge in [-0.15, -0.1) is 11.8 Å². The molecule has 0 aliphatic carbocycles. The van der Waals surface area contributed by atoms with Gasteiger partial charge in [0.05, 0.1) is 11.7 Å². The summed E-state index contributed by atoms with van der Waals surface area (Å²) in [6.45, 7) is 3.11. The zero-order chi connectivity index (χ0) is 19.9. The van der Waals surface area contributed by atoms with Crippen LogP contribution in [0.25, 0.3) is 0 Å². The Morgan fingerprint density at radius 3 is 2.48 bits per heavy atom. The van der Waals surface area contributed by atoms with E-state index in [0.29, 0.717) is 6.10 Å². The second-order valence-electron chi connectivity index (χ2n) is 7.84. The first-order chi connectivity index (χ1) is 14.3. The fourth-order valence-electron chi connectivity index (χ4n) is 4.02. The van der Waals surface area contributed by atoms with Crippen molar-refractivity contribution in [2.45, 2.75) is 49.5 Å². The van der Waals surface area contributed by atoms with Gasteiger partial charge in [-0.25, -0.2) is 0 Å². The summed E-state index contributed by atoms with van der Waals surface area (Å²) in [6, 6.07) is 16.1. The van der Waals surface area contributed by atoms with Gasteiger partial charge in [0.2, 0.25) is 0 Å². The van der Waals surface area contributed by atoms with E-state index in [1.54, 1.807) is 11.8 Å². The molecule has 0 aromatic heterocycles. The highest BCUT2D eigenvalue weighted by atomic mass is 32.2. The number of thioether (sulfide) groups is 1. The number of hydrogen-bond donors (Lipinski definition) is 1. The molecule has 2 saturated heterocycles. The van der Waals surface area contributed by atoms with Crippen LogP contribution in [-0.4, -0.2) is 37.5 Å². The Kier molecular flexibility index (Phi) is 7.12. The minimum absolute atomic E-state index is 0.0528. The van der Waals surface area contributed by atoms with Crippen molar-refractivity contribution in [3.05, 3.63) is 54.1 Å². The summed E-state index contributed by atoms with van der Waals surface area (Å²) in [7, 11) is 0. The van der Waals surface area contributed by atoms with E-state index >= 15 is 0 Å². The molecule has 0 unspecified atom stereocenters. The summed E-state index contributed by atoms with van der Waals surface area (Å²) in [5, 5.41) is 3.07. The maximum atomic E-state index is 12.9. The molecular weight excluding hydrogens is 380 g/mol. The molecule has 4 nitrogen and oxygen atoms in total. The highest BCUT2D eigenvalue weighted by Crippen LogP contribution is 2.28. The summed E-state index contributed by atoms with van der Waals surface area (Å²) in [5.41, 5.74) is 2.82. The van der Waals surface area contributed by atoms with Crippen molar-refractivity contribution in [3.63, 3.8) is 0 Å². The number of nitrogens with zero attached hydrogens (tertiary/aromatic N) is 1. The maximum absolute atomic E-state index is 12.9. The summed E-state index contributed by atoms with van der Waals surface area (Å²) in [4.78, 5) is 16.4. The lowest BCUT2D eigenvalue weighted by atomic mass is 10.2. The minimum Gasteiger partial charge on any atom is -0.377 e. The fourth-order valence-corrected chi connectivity index (χ4v) is 5.14. The Labute approximate surface area is 178 Å². The van der Waals surface area contributed by atoms with Crippen molar-refractivity contribution in [1.29, 1.82) is 0 Å². The van der Waals surface area contributed by atoms with Crippen molar-refractivity contribution >= 4 is 29.0 Å². The van der Waals surface area contributed by atoms with E-state index in [-0.39, 0.29) is 5.91 Å². The SMILES string of the molecule is O=C(Nc1ccc(N2CCCCCC2)cc1)c1ccccc1SC[C@@H]1CCCO1. The zero-order valence-electron chi connectivity index (χ0n) is 16.9. The van der Waals surface area contributed by atoms with Gasteiger partial charge in [-0.1, -0.05) is 25.0 Å². The van der Waals surface area contributed by atoms with Gasteiger partial charge in [0.25, 0.3) is 5.91 Å². The first-order valence-corrected chi connectivity index (χ1v) is 11.8. The summed E-state index contributed by atoms with van der Waals surface area (Å²) in [6.07, 6.45) is 7.75. The van der Waals surface area contributed by atoms with Gasteiger partial charge >= 0.3 is 0 Å². The molecule has 1 amide bonds. The number of carbonyl (C=O) groups is 1. The molecule has 1 N–H and O–H groups in total. The van der Waals surface area contributed by atoms with E-state index in [2.05, 4.69) is 22.3 Å². The van der Waals surface area contributed by atoms with Gasteiger partial charge in [0.15, 0.2) is 0 Å². The largest absolute Gasteiger partial charge is 0.377 e. The lowest BCUT2D eigenvalue weighted by Crippen LogP contribution is -2.23. The topological polar surface area (TPSA) is 41.6 Å². The Morgan fingerprint density at radius 2 is 1.76 bits per heavy atom. The predicted molar refractivity (Wildman–Crippen MR) is 121 cm³/mol. The molecular formula is C24H30N2O2S. The van der Waals surface area contributed by atoms with Crippen LogP contribution >= 0.6 is 11.8 Å². The Balaban J connectivity index is 1.38.